The maximum Gasteiger partial charge on any atom is 0.271 e. The molecule has 0 N–H and O–H groups in total. The molecule has 2 aliphatic heterocycles. The van der Waals surface area contributed by atoms with E-state index in [1.807, 2.05) is 6.07 Å². The molecule has 0 saturated carbocycles. The van der Waals surface area contributed by atoms with Crippen molar-refractivity contribution >= 4 is 41.1 Å². The van der Waals surface area contributed by atoms with E-state index in [4.69, 9.17) is 37.4 Å². The number of methoxy groups -OCH3 is 1. The molecule has 1 atom stereocenters. The fourth-order valence-electron chi connectivity index (χ4n) is 4.14. The van der Waals surface area contributed by atoms with Crippen LogP contribution in [0.5, 0.6) is 11.5 Å². The van der Waals surface area contributed by atoms with Gasteiger partial charge in [-0.15, -0.1) is 0 Å². The Morgan fingerprint density at radius 1 is 1.17 bits per heavy atom. The Kier molecular flexibility index (Phi) is 8.00. The van der Waals surface area contributed by atoms with Crippen molar-refractivity contribution < 1.29 is 23.8 Å². The van der Waals surface area contributed by atoms with Crippen molar-refractivity contribution in [1.82, 2.24) is 4.90 Å². The van der Waals surface area contributed by atoms with Gasteiger partial charge in [-0.05, 0) is 61.2 Å². The van der Waals surface area contributed by atoms with Crippen LogP contribution in [0.2, 0.25) is 10.0 Å². The van der Waals surface area contributed by atoms with E-state index < -0.39 is 11.8 Å². The summed E-state index contributed by atoms with van der Waals surface area (Å²) in [6.45, 7) is 2.53. The zero-order valence-electron chi connectivity index (χ0n) is 19.8. The molecule has 0 spiro atoms. The van der Waals surface area contributed by atoms with Gasteiger partial charge in [0.1, 0.15) is 18.2 Å². The van der Waals surface area contributed by atoms with Gasteiger partial charge >= 0.3 is 0 Å². The first-order valence-corrected chi connectivity index (χ1v) is 12.1. The fraction of sp³-hybridized carbons (Fsp3) is 0.296. The van der Waals surface area contributed by atoms with E-state index in [2.05, 4.69) is 0 Å². The maximum atomic E-state index is 13.3. The Morgan fingerprint density at radius 2 is 1.97 bits per heavy atom. The summed E-state index contributed by atoms with van der Waals surface area (Å²) in [5.41, 5.74) is 1.98. The predicted molar refractivity (Wildman–Crippen MR) is 136 cm³/mol. The third-order valence-corrected chi connectivity index (χ3v) is 6.72. The van der Waals surface area contributed by atoms with Gasteiger partial charge in [-0.25, -0.2) is 0 Å². The Labute approximate surface area is 219 Å². The number of hydrogen-bond acceptors (Lipinski definition) is 6. The first kappa shape index (κ1) is 25.8. The molecule has 4 rings (SSSR count). The van der Waals surface area contributed by atoms with Crippen molar-refractivity contribution in [1.29, 1.82) is 5.26 Å². The molecule has 0 radical (unpaired) electrons. The number of nitrogens with zero attached hydrogens (tertiary/aromatic N) is 2. The first-order valence-electron chi connectivity index (χ1n) is 11.4. The summed E-state index contributed by atoms with van der Waals surface area (Å²) >= 11 is 12.2. The predicted octanol–water partition coefficient (Wildman–Crippen LogP) is 5.35. The molecular formula is C27H24Cl2N2O5. The highest BCUT2D eigenvalue weighted by Crippen LogP contribution is 2.33. The number of imide groups is 1. The van der Waals surface area contributed by atoms with E-state index in [0.29, 0.717) is 39.3 Å². The number of carbonyl (C=O) groups is 2. The van der Waals surface area contributed by atoms with Gasteiger partial charge in [-0.2, -0.15) is 5.26 Å². The summed E-state index contributed by atoms with van der Waals surface area (Å²) in [6.07, 6.45) is 3.07. The van der Waals surface area contributed by atoms with Crippen molar-refractivity contribution in [3.63, 3.8) is 0 Å². The van der Waals surface area contributed by atoms with Crippen LogP contribution < -0.4 is 9.47 Å². The highest BCUT2D eigenvalue weighted by atomic mass is 35.5. The standard InChI is InChI=1S/C27H24Cl2N2O5/c1-16-21(26(32)31(27(33)22(16)13-30)14-20-4-3-9-35-20)10-17-5-8-24(25(11-17)34-2)36-15-18-6-7-19(28)12-23(18)29/h5-8,10-12,20H,3-4,9,14-15H2,1-2H3/b21-10+. The molecule has 1 unspecified atom stereocenters. The van der Waals surface area contributed by atoms with Crippen LogP contribution in [-0.2, 0) is 20.9 Å². The average molecular weight is 527 g/mol. The third kappa shape index (κ3) is 5.41. The summed E-state index contributed by atoms with van der Waals surface area (Å²) in [6, 6.07) is 12.3. The van der Waals surface area contributed by atoms with Crippen LogP contribution in [0, 0.1) is 11.3 Å². The zero-order chi connectivity index (χ0) is 25.8. The number of ether oxygens (including phenoxy) is 3. The second kappa shape index (κ2) is 11.2. The fourth-order valence-corrected chi connectivity index (χ4v) is 4.60. The molecule has 2 aromatic carbocycles. The molecule has 9 heteroatoms. The van der Waals surface area contributed by atoms with Crippen LogP contribution in [0.1, 0.15) is 30.9 Å². The monoisotopic (exact) mass is 526 g/mol. The molecule has 2 aromatic rings. The second-order valence-electron chi connectivity index (χ2n) is 8.46. The Hall–Kier alpha value is -3.31. The molecule has 2 aliphatic rings. The highest BCUT2D eigenvalue weighted by Gasteiger charge is 2.37. The van der Waals surface area contributed by atoms with Gasteiger partial charge in [-0.3, -0.25) is 14.5 Å². The van der Waals surface area contributed by atoms with Crippen LogP contribution in [0.4, 0.5) is 0 Å². The number of benzene rings is 2. The first-order chi connectivity index (χ1) is 17.3. The van der Waals surface area contributed by atoms with Crippen molar-refractivity contribution in [2.45, 2.75) is 32.5 Å². The molecule has 36 heavy (non-hydrogen) atoms. The number of halogens is 2. The minimum atomic E-state index is -0.588. The molecule has 2 amide bonds. The molecule has 0 aromatic heterocycles. The Balaban J connectivity index is 1.60. The number of carbonyl (C=O) groups excluding carboxylic acids is 2. The number of amides is 2. The summed E-state index contributed by atoms with van der Waals surface area (Å²) in [5.74, 6) is -0.105. The molecule has 7 nitrogen and oxygen atoms in total. The summed E-state index contributed by atoms with van der Waals surface area (Å²) < 4.78 is 17.0. The normalized spacial score (nSPS) is 19.1. The van der Waals surface area contributed by atoms with Gasteiger partial charge in [-0.1, -0.05) is 35.3 Å². The van der Waals surface area contributed by atoms with Gasteiger partial charge in [0.15, 0.2) is 11.5 Å². The molecule has 1 saturated heterocycles. The smallest absolute Gasteiger partial charge is 0.271 e. The summed E-state index contributed by atoms with van der Waals surface area (Å²) in [5, 5.41) is 10.6. The van der Waals surface area contributed by atoms with Crippen LogP contribution in [0.3, 0.4) is 0 Å². The average Bonchev–Trinajstić information content (AvgIpc) is 3.38. The minimum Gasteiger partial charge on any atom is -0.493 e. The van der Waals surface area contributed by atoms with E-state index in [1.54, 1.807) is 49.4 Å². The summed E-state index contributed by atoms with van der Waals surface area (Å²) in [4.78, 5) is 27.2. The lowest BCUT2D eigenvalue weighted by Crippen LogP contribution is -2.46. The van der Waals surface area contributed by atoms with E-state index in [-0.39, 0.29) is 30.4 Å². The molecule has 186 valence electrons. The molecule has 0 aliphatic carbocycles. The van der Waals surface area contributed by atoms with Crippen LogP contribution in [-0.4, -0.2) is 43.1 Å². The lowest BCUT2D eigenvalue weighted by molar-refractivity contribution is -0.142. The van der Waals surface area contributed by atoms with Crippen molar-refractivity contribution in [3.05, 3.63) is 74.3 Å². The minimum absolute atomic E-state index is 0.0504. The SMILES string of the molecule is COc1cc(/C=C2/C(=O)N(CC3CCCO3)C(=O)C(C#N)=C2C)ccc1OCc1ccc(Cl)cc1Cl. The number of nitriles is 1. The van der Waals surface area contributed by atoms with Gasteiger partial charge in [0.05, 0.1) is 19.8 Å². The molecule has 0 bridgehead atoms. The van der Waals surface area contributed by atoms with Gasteiger partial charge < -0.3 is 14.2 Å². The van der Waals surface area contributed by atoms with Gasteiger partial charge in [0.25, 0.3) is 11.8 Å². The molecule has 2 heterocycles. The Morgan fingerprint density at radius 3 is 2.64 bits per heavy atom. The lowest BCUT2D eigenvalue weighted by Gasteiger charge is -2.29. The van der Waals surface area contributed by atoms with E-state index >= 15 is 0 Å². The van der Waals surface area contributed by atoms with Gasteiger partial charge in [0.2, 0.25) is 0 Å². The highest BCUT2D eigenvalue weighted by molar-refractivity contribution is 6.35. The number of hydrogen-bond donors (Lipinski definition) is 0. The number of rotatable bonds is 7. The summed E-state index contributed by atoms with van der Waals surface area (Å²) in [7, 11) is 1.51. The van der Waals surface area contributed by atoms with E-state index in [0.717, 1.165) is 23.3 Å². The van der Waals surface area contributed by atoms with Crippen LogP contribution in [0.15, 0.2) is 53.1 Å². The van der Waals surface area contributed by atoms with Crippen molar-refractivity contribution in [2.24, 2.45) is 0 Å². The Bertz CT molecular complexity index is 1310. The van der Waals surface area contributed by atoms with Crippen molar-refractivity contribution in [2.75, 3.05) is 20.3 Å². The van der Waals surface area contributed by atoms with E-state index in [9.17, 15) is 14.9 Å². The van der Waals surface area contributed by atoms with Gasteiger partial charge in [0, 0.05) is 27.8 Å². The topological polar surface area (TPSA) is 88.9 Å². The largest absolute Gasteiger partial charge is 0.493 e. The third-order valence-electron chi connectivity index (χ3n) is 6.13. The lowest BCUT2D eigenvalue weighted by atomic mass is 9.93. The zero-order valence-corrected chi connectivity index (χ0v) is 21.4. The van der Waals surface area contributed by atoms with Crippen LogP contribution in [0.25, 0.3) is 6.08 Å². The second-order valence-corrected chi connectivity index (χ2v) is 9.30. The van der Waals surface area contributed by atoms with Crippen LogP contribution >= 0.6 is 23.2 Å². The van der Waals surface area contributed by atoms with Crippen molar-refractivity contribution in [3.8, 4) is 17.6 Å². The van der Waals surface area contributed by atoms with E-state index in [1.165, 1.54) is 7.11 Å². The molecular weight excluding hydrogens is 503 g/mol. The maximum absolute atomic E-state index is 13.3. The molecule has 1 fully saturated rings. The quantitative estimate of drug-likeness (QED) is 0.356.